The smallest absolute Gasteiger partial charge is 0.224 e. The highest BCUT2D eigenvalue weighted by molar-refractivity contribution is 7.89. The Balaban J connectivity index is 2.02. The summed E-state index contributed by atoms with van der Waals surface area (Å²) >= 11 is 0. The molecule has 1 fully saturated rings. The van der Waals surface area contributed by atoms with E-state index in [9.17, 15) is 13.2 Å². The first-order chi connectivity index (χ1) is 10.8. The number of benzene rings is 1. The molecule has 1 aromatic rings. The molecule has 1 amide bonds. The third-order valence-electron chi connectivity index (χ3n) is 4.36. The Bertz CT molecular complexity index is 628. The van der Waals surface area contributed by atoms with Crippen LogP contribution >= 0.6 is 0 Å². The van der Waals surface area contributed by atoms with Crippen molar-refractivity contribution in [3.63, 3.8) is 0 Å². The lowest BCUT2D eigenvalue weighted by Gasteiger charge is -2.32. The van der Waals surface area contributed by atoms with E-state index in [0.717, 1.165) is 5.56 Å². The van der Waals surface area contributed by atoms with E-state index in [2.05, 4.69) is 13.8 Å². The van der Waals surface area contributed by atoms with Gasteiger partial charge >= 0.3 is 0 Å². The van der Waals surface area contributed by atoms with Crippen LogP contribution in [0, 0.1) is 5.92 Å². The summed E-state index contributed by atoms with van der Waals surface area (Å²) in [4.78, 5) is 14.3. The van der Waals surface area contributed by atoms with Gasteiger partial charge in [-0.1, -0.05) is 44.2 Å². The molecule has 0 radical (unpaired) electrons. The monoisotopic (exact) mass is 338 g/mol. The van der Waals surface area contributed by atoms with Gasteiger partial charge < -0.3 is 4.90 Å². The van der Waals surface area contributed by atoms with Crippen LogP contribution in [-0.4, -0.2) is 49.4 Å². The summed E-state index contributed by atoms with van der Waals surface area (Å²) in [6.07, 6.45) is 0.886. The van der Waals surface area contributed by atoms with Crippen molar-refractivity contribution in [1.82, 2.24) is 9.21 Å². The average Bonchev–Trinajstić information content (AvgIpc) is 2.84. The number of carbonyl (C=O) groups is 1. The molecule has 1 unspecified atom stereocenters. The maximum atomic E-state index is 12.5. The number of nitrogens with zero attached hydrogens (tertiary/aromatic N) is 2. The first kappa shape index (κ1) is 17.9. The van der Waals surface area contributed by atoms with Gasteiger partial charge in [0.15, 0.2) is 0 Å². The SMILES string of the molecule is CC(C)C(c1ccccc1)N(C)C(=O)CCN1CCCS1(=O)=O. The van der Waals surface area contributed by atoms with E-state index in [4.69, 9.17) is 0 Å². The van der Waals surface area contributed by atoms with Crippen LogP contribution in [0.5, 0.6) is 0 Å². The van der Waals surface area contributed by atoms with Crippen LogP contribution in [0.3, 0.4) is 0 Å². The van der Waals surface area contributed by atoms with E-state index in [-0.39, 0.29) is 36.6 Å². The molecule has 0 N–H and O–H groups in total. The summed E-state index contributed by atoms with van der Waals surface area (Å²) in [5, 5.41) is 0. The molecule has 1 aliphatic rings. The maximum Gasteiger partial charge on any atom is 0.224 e. The number of rotatable bonds is 6. The Hall–Kier alpha value is -1.40. The molecule has 1 heterocycles. The van der Waals surface area contributed by atoms with Crippen molar-refractivity contribution in [1.29, 1.82) is 0 Å². The van der Waals surface area contributed by atoms with Gasteiger partial charge in [0.1, 0.15) is 0 Å². The van der Waals surface area contributed by atoms with Gasteiger partial charge in [0.2, 0.25) is 15.9 Å². The molecule has 1 saturated heterocycles. The maximum absolute atomic E-state index is 12.5. The van der Waals surface area contributed by atoms with Gasteiger partial charge in [-0.15, -0.1) is 0 Å². The molecular formula is C17H26N2O3S. The van der Waals surface area contributed by atoms with Crippen LogP contribution in [0.25, 0.3) is 0 Å². The summed E-state index contributed by atoms with van der Waals surface area (Å²) in [7, 11) is -1.33. The Morgan fingerprint density at radius 1 is 1.26 bits per heavy atom. The third-order valence-corrected chi connectivity index (χ3v) is 6.32. The fraction of sp³-hybridized carbons (Fsp3) is 0.588. The lowest BCUT2D eigenvalue weighted by Crippen LogP contribution is -2.37. The van der Waals surface area contributed by atoms with Crippen molar-refractivity contribution in [3.8, 4) is 0 Å². The summed E-state index contributed by atoms with van der Waals surface area (Å²) in [6, 6.07) is 9.96. The van der Waals surface area contributed by atoms with Gasteiger partial charge in [-0.3, -0.25) is 4.79 Å². The van der Waals surface area contributed by atoms with Gasteiger partial charge in [0.05, 0.1) is 11.8 Å². The molecule has 23 heavy (non-hydrogen) atoms. The first-order valence-corrected chi connectivity index (χ1v) is 9.72. The van der Waals surface area contributed by atoms with Crippen LogP contribution in [-0.2, 0) is 14.8 Å². The number of sulfonamides is 1. The highest BCUT2D eigenvalue weighted by Crippen LogP contribution is 2.28. The zero-order chi connectivity index (χ0) is 17.0. The summed E-state index contributed by atoms with van der Waals surface area (Å²) in [5.41, 5.74) is 1.10. The highest BCUT2D eigenvalue weighted by Gasteiger charge is 2.30. The lowest BCUT2D eigenvalue weighted by molar-refractivity contribution is -0.133. The molecule has 0 bridgehead atoms. The van der Waals surface area contributed by atoms with Gasteiger partial charge in [-0.2, -0.15) is 0 Å². The number of hydrogen-bond acceptors (Lipinski definition) is 3. The van der Waals surface area contributed by atoms with E-state index in [0.29, 0.717) is 13.0 Å². The summed E-state index contributed by atoms with van der Waals surface area (Å²) < 4.78 is 25.1. The molecule has 0 aliphatic carbocycles. The number of hydrogen-bond donors (Lipinski definition) is 0. The summed E-state index contributed by atoms with van der Waals surface area (Å²) in [5.74, 6) is 0.465. The van der Waals surface area contributed by atoms with Crippen LogP contribution < -0.4 is 0 Å². The van der Waals surface area contributed by atoms with Gasteiger partial charge in [-0.05, 0) is 17.9 Å². The number of carbonyl (C=O) groups excluding carboxylic acids is 1. The molecule has 1 aliphatic heterocycles. The molecule has 0 saturated carbocycles. The van der Waals surface area contributed by atoms with Gasteiger partial charge in [0, 0.05) is 26.6 Å². The normalized spacial score (nSPS) is 19.0. The minimum atomic E-state index is -3.13. The predicted molar refractivity (Wildman–Crippen MR) is 91.4 cm³/mol. The highest BCUT2D eigenvalue weighted by atomic mass is 32.2. The quantitative estimate of drug-likeness (QED) is 0.799. The van der Waals surface area contributed by atoms with Crippen LogP contribution in [0.1, 0.15) is 38.3 Å². The largest absolute Gasteiger partial charge is 0.338 e. The molecule has 0 aromatic heterocycles. The molecule has 1 atom stereocenters. The Morgan fingerprint density at radius 2 is 1.91 bits per heavy atom. The van der Waals surface area contributed by atoms with E-state index in [1.54, 1.807) is 11.9 Å². The second-order valence-corrected chi connectivity index (χ2v) is 8.51. The van der Waals surface area contributed by atoms with E-state index >= 15 is 0 Å². The molecule has 128 valence electrons. The third kappa shape index (κ3) is 4.32. The zero-order valence-electron chi connectivity index (χ0n) is 14.1. The second kappa shape index (κ2) is 7.45. The minimum absolute atomic E-state index is 0.00103. The Morgan fingerprint density at radius 3 is 2.43 bits per heavy atom. The molecule has 6 heteroatoms. The topological polar surface area (TPSA) is 57.7 Å². The van der Waals surface area contributed by atoms with Gasteiger partial charge in [0.25, 0.3) is 0 Å². The fourth-order valence-corrected chi connectivity index (χ4v) is 4.73. The van der Waals surface area contributed by atoms with E-state index in [1.165, 1.54) is 4.31 Å². The fourth-order valence-electron chi connectivity index (χ4n) is 3.20. The molecule has 5 nitrogen and oxygen atoms in total. The van der Waals surface area contributed by atoms with Crippen LogP contribution in [0.2, 0.25) is 0 Å². The molecular weight excluding hydrogens is 312 g/mol. The zero-order valence-corrected chi connectivity index (χ0v) is 14.9. The average molecular weight is 338 g/mol. The minimum Gasteiger partial charge on any atom is -0.338 e. The predicted octanol–water partition coefficient (Wildman–Crippen LogP) is 2.27. The van der Waals surface area contributed by atoms with Crippen LogP contribution in [0.4, 0.5) is 0 Å². The molecule has 1 aromatic carbocycles. The Labute approximate surface area is 139 Å². The molecule has 2 rings (SSSR count). The van der Waals surface area contributed by atoms with Crippen molar-refractivity contribution >= 4 is 15.9 Å². The Kier molecular flexibility index (Phi) is 5.81. The number of amides is 1. The van der Waals surface area contributed by atoms with E-state index < -0.39 is 10.0 Å². The van der Waals surface area contributed by atoms with Gasteiger partial charge in [-0.25, -0.2) is 12.7 Å². The summed E-state index contributed by atoms with van der Waals surface area (Å²) in [6.45, 7) is 5.00. The van der Waals surface area contributed by atoms with Crippen molar-refractivity contribution in [2.45, 2.75) is 32.7 Å². The standard InChI is InChI=1S/C17H26N2O3S/c1-14(2)17(15-8-5-4-6-9-15)18(3)16(20)10-12-19-11-7-13-23(19,21)22/h4-6,8-9,14,17H,7,10-13H2,1-3H3. The van der Waals surface area contributed by atoms with Crippen molar-refractivity contribution in [2.24, 2.45) is 5.92 Å². The van der Waals surface area contributed by atoms with Crippen LogP contribution in [0.15, 0.2) is 30.3 Å². The lowest BCUT2D eigenvalue weighted by atomic mass is 9.94. The van der Waals surface area contributed by atoms with Crippen molar-refractivity contribution in [2.75, 3.05) is 25.9 Å². The van der Waals surface area contributed by atoms with E-state index in [1.807, 2.05) is 30.3 Å². The second-order valence-electron chi connectivity index (χ2n) is 6.42. The van der Waals surface area contributed by atoms with Crippen molar-refractivity contribution in [3.05, 3.63) is 35.9 Å². The first-order valence-electron chi connectivity index (χ1n) is 8.11. The van der Waals surface area contributed by atoms with Crippen molar-refractivity contribution < 1.29 is 13.2 Å². The molecule has 0 spiro atoms.